The van der Waals surface area contributed by atoms with E-state index in [2.05, 4.69) is 10.0 Å². The third kappa shape index (κ3) is 3.95. The second-order valence-electron chi connectivity index (χ2n) is 5.83. The number of benzene rings is 2. The average Bonchev–Trinajstić information content (AvgIpc) is 3.33. The highest BCUT2D eigenvalue weighted by Crippen LogP contribution is 2.24. The summed E-state index contributed by atoms with van der Waals surface area (Å²) in [6, 6.07) is 11.3. The molecule has 1 amide bonds. The predicted molar refractivity (Wildman–Crippen MR) is 93.9 cm³/mol. The first kappa shape index (κ1) is 17.0. The van der Waals surface area contributed by atoms with Crippen LogP contribution in [0.5, 0.6) is 0 Å². The molecule has 0 atom stereocenters. The molecule has 7 heteroatoms. The average molecular weight is 365 g/mol. The van der Waals surface area contributed by atoms with E-state index < -0.39 is 10.0 Å². The summed E-state index contributed by atoms with van der Waals surface area (Å²) in [5, 5.41) is 3.34. The Morgan fingerprint density at radius 2 is 1.79 bits per heavy atom. The lowest BCUT2D eigenvalue weighted by molar-refractivity contribution is 0.102. The van der Waals surface area contributed by atoms with E-state index in [0.29, 0.717) is 21.8 Å². The molecular weight excluding hydrogens is 348 g/mol. The fourth-order valence-electron chi connectivity index (χ4n) is 2.23. The molecule has 2 N–H and O–H groups in total. The van der Waals surface area contributed by atoms with Crippen LogP contribution in [0.2, 0.25) is 5.02 Å². The number of halogens is 1. The zero-order valence-electron chi connectivity index (χ0n) is 13.0. The fourth-order valence-corrected chi connectivity index (χ4v) is 3.74. The van der Waals surface area contributed by atoms with Gasteiger partial charge >= 0.3 is 0 Å². The Balaban J connectivity index is 1.77. The van der Waals surface area contributed by atoms with Crippen molar-refractivity contribution in [2.24, 2.45) is 0 Å². The number of amides is 1. The number of hydrogen-bond donors (Lipinski definition) is 2. The molecule has 1 aliphatic carbocycles. The van der Waals surface area contributed by atoms with Crippen LogP contribution >= 0.6 is 11.6 Å². The minimum absolute atomic E-state index is 0.0552. The fraction of sp³-hybridized carbons (Fsp3) is 0.235. The second-order valence-corrected chi connectivity index (χ2v) is 7.98. The highest BCUT2D eigenvalue weighted by Gasteiger charge is 2.28. The molecule has 2 aromatic rings. The van der Waals surface area contributed by atoms with Gasteiger partial charge in [0.05, 0.1) is 4.90 Å². The van der Waals surface area contributed by atoms with Gasteiger partial charge in [-0.15, -0.1) is 0 Å². The largest absolute Gasteiger partial charge is 0.322 e. The number of carbonyl (C=O) groups excluding carboxylic acids is 1. The lowest BCUT2D eigenvalue weighted by Gasteiger charge is -2.11. The number of carbonyl (C=O) groups is 1. The van der Waals surface area contributed by atoms with Crippen LogP contribution in [0.25, 0.3) is 0 Å². The molecule has 1 saturated carbocycles. The van der Waals surface area contributed by atoms with Crippen LogP contribution in [0.1, 0.15) is 28.8 Å². The molecule has 126 valence electrons. The quantitative estimate of drug-likeness (QED) is 0.854. The zero-order valence-corrected chi connectivity index (χ0v) is 14.6. The van der Waals surface area contributed by atoms with Crippen LogP contribution in [0.4, 0.5) is 5.69 Å². The van der Waals surface area contributed by atoms with Crippen LogP contribution in [0, 0.1) is 6.92 Å². The standard InChI is InChI=1S/C17H17ClN2O3S/c1-11-10-15(24(22,23)20-14-6-7-14)8-9-16(11)19-17(21)12-2-4-13(18)5-3-12/h2-5,8-10,14,20H,6-7H2,1H3,(H,19,21). The van der Waals surface area contributed by atoms with Crippen molar-refractivity contribution in [1.82, 2.24) is 4.72 Å². The first-order valence-electron chi connectivity index (χ1n) is 7.55. The van der Waals surface area contributed by atoms with Gasteiger partial charge < -0.3 is 5.32 Å². The van der Waals surface area contributed by atoms with Crippen molar-refractivity contribution in [3.63, 3.8) is 0 Å². The Labute approximate surface area is 146 Å². The van der Waals surface area contributed by atoms with Crippen molar-refractivity contribution in [2.75, 3.05) is 5.32 Å². The summed E-state index contributed by atoms with van der Waals surface area (Å²) in [6.07, 6.45) is 1.76. The summed E-state index contributed by atoms with van der Waals surface area (Å²) in [7, 11) is -3.50. The minimum atomic E-state index is -3.50. The Hall–Kier alpha value is -1.89. The molecule has 1 aliphatic rings. The molecule has 0 spiro atoms. The van der Waals surface area contributed by atoms with Gasteiger partial charge in [-0.1, -0.05) is 11.6 Å². The molecule has 2 aromatic carbocycles. The van der Waals surface area contributed by atoms with Crippen molar-refractivity contribution in [1.29, 1.82) is 0 Å². The summed E-state index contributed by atoms with van der Waals surface area (Å²) in [5.74, 6) is -0.276. The maximum absolute atomic E-state index is 12.2. The summed E-state index contributed by atoms with van der Waals surface area (Å²) in [4.78, 5) is 12.4. The monoisotopic (exact) mass is 364 g/mol. The Morgan fingerprint density at radius 1 is 1.12 bits per heavy atom. The molecule has 24 heavy (non-hydrogen) atoms. The Kier molecular flexibility index (Phi) is 4.62. The molecule has 0 aromatic heterocycles. The van der Waals surface area contributed by atoms with E-state index in [-0.39, 0.29) is 16.8 Å². The van der Waals surface area contributed by atoms with Gasteiger partial charge in [0.15, 0.2) is 0 Å². The summed E-state index contributed by atoms with van der Waals surface area (Å²) < 4.78 is 27.1. The first-order valence-corrected chi connectivity index (χ1v) is 9.41. The van der Waals surface area contributed by atoms with Gasteiger partial charge in [-0.25, -0.2) is 13.1 Å². The molecule has 0 heterocycles. The van der Waals surface area contributed by atoms with Gasteiger partial charge in [0.2, 0.25) is 10.0 Å². The SMILES string of the molecule is Cc1cc(S(=O)(=O)NC2CC2)ccc1NC(=O)c1ccc(Cl)cc1. The van der Waals surface area contributed by atoms with E-state index in [4.69, 9.17) is 11.6 Å². The van der Waals surface area contributed by atoms with Crippen molar-refractivity contribution < 1.29 is 13.2 Å². The highest BCUT2D eigenvalue weighted by atomic mass is 35.5. The number of anilines is 1. The minimum Gasteiger partial charge on any atom is -0.322 e. The summed E-state index contributed by atoms with van der Waals surface area (Å²) >= 11 is 5.81. The maximum Gasteiger partial charge on any atom is 0.255 e. The molecule has 0 bridgehead atoms. The second kappa shape index (κ2) is 6.55. The Morgan fingerprint density at radius 3 is 2.38 bits per heavy atom. The summed E-state index contributed by atoms with van der Waals surface area (Å²) in [5.41, 5.74) is 1.72. The van der Waals surface area contributed by atoms with Crippen molar-refractivity contribution in [3.8, 4) is 0 Å². The van der Waals surface area contributed by atoms with Gasteiger partial charge in [-0.05, 0) is 67.8 Å². The molecule has 0 saturated heterocycles. The highest BCUT2D eigenvalue weighted by molar-refractivity contribution is 7.89. The van der Waals surface area contributed by atoms with Gasteiger partial charge in [-0.2, -0.15) is 0 Å². The molecule has 0 aliphatic heterocycles. The molecule has 5 nitrogen and oxygen atoms in total. The zero-order chi connectivity index (χ0) is 17.3. The summed E-state index contributed by atoms with van der Waals surface area (Å²) in [6.45, 7) is 1.76. The van der Waals surface area contributed by atoms with Gasteiger partial charge in [-0.3, -0.25) is 4.79 Å². The van der Waals surface area contributed by atoms with Gasteiger partial charge in [0.1, 0.15) is 0 Å². The van der Waals surface area contributed by atoms with E-state index in [0.717, 1.165) is 12.8 Å². The predicted octanol–water partition coefficient (Wildman–Crippen LogP) is 3.34. The van der Waals surface area contributed by atoms with E-state index >= 15 is 0 Å². The molecule has 1 fully saturated rings. The number of aryl methyl sites for hydroxylation is 1. The number of sulfonamides is 1. The van der Waals surface area contributed by atoms with E-state index in [1.165, 1.54) is 6.07 Å². The number of rotatable bonds is 5. The van der Waals surface area contributed by atoms with Crippen molar-refractivity contribution >= 4 is 33.2 Å². The normalized spacial score (nSPS) is 14.4. The maximum atomic E-state index is 12.2. The van der Waals surface area contributed by atoms with E-state index in [9.17, 15) is 13.2 Å². The number of hydrogen-bond acceptors (Lipinski definition) is 3. The molecular formula is C17H17ClN2O3S. The van der Waals surface area contributed by atoms with Gasteiger partial charge in [0, 0.05) is 22.3 Å². The topological polar surface area (TPSA) is 75.3 Å². The van der Waals surface area contributed by atoms with Crippen LogP contribution in [-0.2, 0) is 10.0 Å². The number of nitrogens with one attached hydrogen (secondary N) is 2. The van der Waals surface area contributed by atoms with E-state index in [1.54, 1.807) is 43.3 Å². The van der Waals surface area contributed by atoms with Crippen LogP contribution in [0.15, 0.2) is 47.4 Å². The third-order valence-electron chi connectivity index (χ3n) is 3.76. The smallest absolute Gasteiger partial charge is 0.255 e. The lowest BCUT2D eigenvalue weighted by atomic mass is 10.1. The van der Waals surface area contributed by atoms with Crippen LogP contribution in [-0.4, -0.2) is 20.4 Å². The van der Waals surface area contributed by atoms with Crippen molar-refractivity contribution in [2.45, 2.75) is 30.7 Å². The van der Waals surface area contributed by atoms with Crippen LogP contribution in [0.3, 0.4) is 0 Å². The van der Waals surface area contributed by atoms with Crippen molar-refractivity contribution in [3.05, 3.63) is 58.6 Å². The first-order chi connectivity index (χ1) is 11.3. The molecule has 0 unspecified atom stereocenters. The molecule has 3 rings (SSSR count). The lowest BCUT2D eigenvalue weighted by Crippen LogP contribution is -2.25. The third-order valence-corrected chi connectivity index (χ3v) is 5.53. The Bertz CT molecular complexity index is 875. The van der Waals surface area contributed by atoms with E-state index in [1.807, 2.05) is 0 Å². The van der Waals surface area contributed by atoms with Gasteiger partial charge in [0.25, 0.3) is 5.91 Å². The molecule has 0 radical (unpaired) electrons. The van der Waals surface area contributed by atoms with Crippen LogP contribution < -0.4 is 10.0 Å².